The molecule has 0 N–H and O–H groups in total. The molecule has 0 bridgehead atoms. The summed E-state index contributed by atoms with van der Waals surface area (Å²) in [4.78, 5) is 2.79. The topological polar surface area (TPSA) is 12.5 Å². The van der Waals surface area contributed by atoms with E-state index in [0.29, 0.717) is 0 Å². The SMILES string of the molecule is C1CCC2C(C1)CCC21CCN(CC2CCOCC2)CC1. The predicted octanol–water partition coefficient (Wildman–Crippen LogP) is 4.10. The number of nitrogens with zero attached hydrogens (tertiary/aromatic N) is 1. The molecule has 4 fully saturated rings. The van der Waals surface area contributed by atoms with E-state index in [-0.39, 0.29) is 0 Å². The second-order valence-corrected chi connectivity index (χ2v) is 8.41. The lowest BCUT2D eigenvalue weighted by molar-refractivity contribution is 0.0166. The van der Waals surface area contributed by atoms with Gasteiger partial charge in [0.1, 0.15) is 0 Å². The normalized spacial score (nSPS) is 37.7. The zero-order valence-corrected chi connectivity index (χ0v) is 13.7. The second-order valence-electron chi connectivity index (χ2n) is 8.41. The lowest BCUT2D eigenvalue weighted by Gasteiger charge is -2.46. The fourth-order valence-electron chi connectivity index (χ4n) is 6.11. The fourth-order valence-corrected chi connectivity index (χ4v) is 6.11. The van der Waals surface area contributed by atoms with Gasteiger partial charge in [-0.1, -0.05) is 19.3 Å². The van der Waals surface area contributed by atoms with Crippen LogP contribution in [0.25, 0.3) is 0 Å². The Labute approximate surface area is 130 Å². The largest absolute Gasteiger partial charge is 0.381 e. The van der Waals surface area contributed by atoms with Gasteiger partial charge in [-0.05, 0) is 81.2 Å². The highest BCUT2D eigenvalue weighted by Gasteiger charge is 2.49. The van der Waals surface area contributed by atoms with Crippen LogP contribution in [0.2, 0.25) is 0 Å². The third kappa shape index (κ3) is 2.91. The van der Waals surface area contributed by atoms with Crippen LogP contribution in [0.4, 0.5) is 0 Å². The fraction of sp³-hybridized carbons (Fsp3) is 1.00. The van der Waals surface area contributed by atoms with Gasteiger partial charge in [0.15, 0.2) is 0 Å². The average molecular weight is 291 g/mol. The highest BCUT2D eigenvalue weighted by atomic mass is 16.5. The van der Waals surface area contributed by atoms with Crippen molar-refractivity contribution in [1.29, 1.82) is 0 Å². The van der Waals surface area contributed by atoms with E-state index in [1.807, 2.05) is 0 Å². The molecule has 0 amide bonds. The summed E-state index contributed by atoms with van der Waals surface area (Å²) in [6.07, 6.45) is 14.9. The Hall–Kier alpha value is -0.0800. The Morgan fingerprint density at radius 3 is 2.43 bits per heavy atom. The maximum atomic E-state index is 5.51. The van der Waals surface area contributed by atoms with Crippen molar-refractivity contribution >= 4 is 0 Å². The number of hydrogen-bond donors (Lipinski definition) is 0. The number of fused-ring (bicyclic) bond motifs is 2. The first-order valence-electron chi connectivity index (χ1n) is 9.66. The number of rotatable bonds is 2. The summed E-state index contributed by atoms with van der Waals surface area (Å²) in [6.45, 7) is 6.15. The van der Waals surface area contributed by atoms with Gasteiger partial charge in [0.25, 0.3) is 0 Å². The van der Waals surface area contributed by atoms with Crippen molar-refractivity contribution in [3.63, 3.8) is 0 Å². The van der Waals surface area contributed by atoms with Crippen molar-refractivity contribution < 1.29 is 4.74 Å². The molecule has 2 heterocycles. The minimum Gasteiger partial charge on any atom is -0.381 e. The van der Waals surface area contributed by atoms with Gasteiger partial charge in [-0.15, -0.1) is 0 Å². The third-order valence-corrected chi connectivity index (χ3v) is 7.42. The number of hydrogen-bond acceptors (Lipinski definition) is 2. The van der Waals surface area contributed by atoms with E-state index in [4.69, 9.17) is 4.74 Å². The van der Waals surface area contributed by atoms with Crippen LogP contribution < -0.4 is 0 Å². The van der Waals surface area contributed by atoms with Gasteiger partial charge in [-0.25, -0.2) is 0 Å². The van der Waals surface area contributed by atoms with E-state index in [1.54, 1.807) is 25.7 Å². The zero-order valence-electron chi connectivity index (χ0n) is 13.7. The summed E-state index contributed by atoms with van der Waals surface area (Å²) in [5.74, 6) is 3.14. The molecule has 0 radical (unpaired) electrons. The zero-order chi connectivity index (χ0) is 14.1. The lowest BCUT2D eigenvalue weighted by atomic mass is 9.65. The summed E-state index contributed by atoms with van der Waals surface area (Å²) in [6, 6.07) is 0. The summed E-state index contributed by atoms with van der Waals surface area (Å²) in [7, 11) is 0. The number of likely N-dealkylation sites (tertiary alicyclic amines) is 1. The van der Waals surface area contributed by atoms with E-state index in [0.717, 1.165) is 36.4 Å². The van der Waals surface area contributed by atoms with Gasteiger partial charge in [0.05, 0.1) is 0 Å². The van der Waals surface area contributed by atoms with E-state index in [9.17, 15) is 0 Å². The van der Waals surface area contributed by atoms with Crippen LogP contribution in [0, 0.1) is 23.2 Å². The van der Waals surface area contributed by atoms with Gasteiger partial charge in [-0.2, -0.15) is 0 Å². The Morgan fingerprint density at radius 1 is 0.857 bits per heavy atom. The maximum absolute atomic E-state index is 5.51. The first-order chi connectivity index (χ1) is 10.4. The molecule has 0 aromatic heterocycles. The standard InChI is InChI=1S/C19H33NO/c1-2-4-18-17(3-1)5-8-19(18)9-11-20(12-10-19)15-16-6-13-21-14-7-16/h16-18H,1-15H2. The Morgan fingerprint density at radius 2 is 1.62 bits per heavy atom. The van der Waals surface area contributed by atoms with E-state index < -0.39 is 0 Å². The molecule has 2 saturated heterocycles. The number of ether oxygens (including phenoxy) is 1. The van der Waals surface area contributed by atoms with Crippen molar-refractivity contribution in [1.82, 2.24) is 4.90 Å². The molecule has 2 aliphatic heterocycles. The lowest BCUT2D eigenvalue weighted by Crippen LogP contribution is -2.45. The molecule has 2 nitrogen and oxygen atoms in total. The van der Waals surface area contributed by atoms with Crippen LogP contribution in [0.5, 0.6) is 0 Å². The molecule has 4 aliphatic rings. The van der Waals surface area contributed by atoms with Crippen LogP contribution in [-0.2, 0) is 4.74 Å². The van der Waals surface area contributed by atoms with Crippen molar-refractivity contribution in [3.05, 3.63) is 0 Å². The quantitative estimate of drug-likeness (QED) is 0.759. The molecule has 0 aromatic carbocycles. The van der Waals surface area contributed by atoms with Crippen molar-refractivity contribution in [2.75, 3.05) is 32.8 Å². The minimum absolute atomic E-state index is 0.775. The summed E-state index contributed by atoms with van der Waals surface area (Å²) in [5.41, 5.74) is 0.775. The van der Waals surface area contributed by atoms with Crippen LogP contribution >= 0.6 is 0 Å². The third-order valence-electron chi connectivity index (χ3n) is 7.42. The minimum atomic E-state index is 0.775. The number of piperidine rings is 1. The van der Waals surface area contributed by atoms with Gasteiger partial charge in [-0.3, -0.25) is 0 Å². The molecule has 2 unspecified atom stereocenters. The maximum Gasteiger partial charge on any atom is 0.0469 e. The van der Waals surface area contributed by atoms with E-state index in [1.165, 1.54) is 58.2 Å². The van der Waals surface area contributed by atoms with E-state index >= 15 is 0 Å². The molecular formula is C19H33NO. The smallest absolute Gasteiger partial charge is 0.0469 e. The van der Waals surface area contributed by atoms with Gasteiger partial charge < -0.3 is 9.64 Å². The molecule has 0 aromatic rings. The van der Waals surface area contributed by atoms with Crippen molar-refractivity contribution in [2.24, 2.45) is 23.2 Å². The van der Waals surface area contributed by atoms with Gasteiger partial charge >= 0.3 is 0 Å². The molecule has 1 spiro atoms. The molecule has 120 valence electrons. The van der Waals surface area contributed by atoms with Crippen molar-refractivity contribution in [3.8, 4) is 0 Å². The average Bonchev–Trinajstić information content (AvgIpc) is 2.90. The molecule has 2 saturated carbocycles. The summed E-state index contributed by atoms with van der Waals surface area (Å²) < 4.78 is 5.51. The van der Waals surface area contributed by atoms with Gasteiger partial charge in [0, 0.05) is 19.8 Å². The Bertz CT molecular complexity index is 341. The Balaban J connectivity index is 1.31. The molecular weight excluding hydrogens is 258 g/mol. The first kappa shape index (κ1) is 14.5. The Kier molecular flexibility index (Phi) is 4.28. The monoisotopic (exact) mass is 291 g/mol. The van der Waals surface area contributed by atoms with Crippen LogP contribution in [0.15, 0.2) is 0 Å². The van der Waals surface area contributed by atoms with Crippen LogP contribution in [0.3, 0.4) is 0 Å². The predicted molar refractivity (Wildman–Crippen MR) is 86.3 cm³/mol. The second kappa shape index (κ2) is 6.20. The molecule has 4 rings (SSSR count). The summed E-state index contributed by atoms with van der Waals surface area (Å²) in [5, 5.41) is 0. The highest BCUT2D eigenvalue weighted by Crippen LogP contribution is 2.57. The van der Waals surface area contributed by atoms with Gasteiger partial charge in [0.2, 0.25) is 0 Å². The molecule has 2 aliphatic carbocycles. The summed E-state index contributed by atoms with van der Waals surface area (Å²) >= 11 is 0. The van der Waals surface area contributed by atoms with Crippen molar-refractivity contribution in [2.45, 2.75) is 64.2 Å². The highest BCUT2D eigenvalue weighted by molar-refractivity contribution is 5.00. The van der Waals surface area contributed by atoms with Crippen LogP contribution in [0.1, 0.15) is 64.2 Å². The molecule has 2 atom stereocenters. The van der Waals surface area contributed by atoms with E-state index in [2.05, 4.69) is 4.90 Å². The van der Waals surface area contributed by atoms with Crippen LogP contribution in [-0.4, -0.2) is 37.7 Å². The molecule has 21 heavy (non-hydrogen) atoms. The molecule has 2 heteroatoms. The first-order valence-corrected chi connectivity index (χ1v) is 9.66.